The minimum Gasteiger partial charge on any atom is -0.391 e. The number of nitrogens with one attached hydrogen (secondary N) is 2. The molecule has 2 aliphatic rings. The fourth-order valence-corrected chi connectivity index (χ4v) is 5.06. The van der Waals surface area contributed by atoms with E-state index in [2.05, 4.69) is 36.1 Å². The van der Waals surface area contributed by atoms with E-state index in [1.165, 1.54) is 12.3 Å². The number of hydrogen-bond acceptors (Lipinski definition) is 4. The Morgan fingerprint density at radius 1 is 1.46 bits per heavy atom. The predicted octanol–water partition coefficient (Wildman–Crippen LogP) is 0.893. The van der Waals surface area contributed by atoms with Crippen LogP contribution in [-0.2, 0) is 0 Å². The van der Waals surface area contributed by atoms with Crippen LogP contribution >= 0.6 is 0 Å². The molecule has 6 nitrogen and oxygen atoms in total. The van der Waals surface area contributed by atoms with Crippen LogP contribution in [0.4, 0.5) is 0 Å². The highest BCUT2D eigenvalue weighted by Gasteiger charge is 2.58. The van der Waals surface area contributed by atoms with Gasteiger partial charge in [0, 0.05) is 30.3 Å². The lowest BCUT2D eigenvalue weighted by atomic mass is 9.66. The maximum atomic E-state index is 12.5. The van der Waals surface area contributed by atoms with Gasteiger partial charge in [-0.05, 0) is 38.3 Å². The van der Waals surface area contributed by atoms with Crippen molar-refractivity contribution in [2.24, 2.45) is 11.3 Å². The van der Waals surface area contributed by atoms with Gasteiger partial charge in [0.1, 0.15) is 0 Å². The van der Waals surface area contributed by atoms with Crippen LogP contribution in [0.5, 0.6) is 0 Å². The number of pyridine rings is 1. The molecule has 2 heterocycles. The number of rotatable bonds is 3. The largest absolute Gasteiger partial charge is 0.391 e. The fraction of sp³-hybridized carbons (Fsp3) is 0.667. The van der Waals surface area contributed by atoms with Crippen molar-refractivity contribution >= 4 is 5.91 Å². The molecule has 3 rings (SSSR count). The van der Waals surface area contributed by atoms with E-state index >= 15 is 0 Å². The first-order valence-electron chi connectivity index (χ1n) is 8.62. The van der Waals surface area contributed by atoms with E-state index in [9.17, 15) is 14.7 Å². The van der Waals surface area contributed by atoms with Crippen molar-refractivity contribution in [3.63, 3.8) is 0 Å². The summed E-state index contributed by atoms with van der Waals surface area (Å²) in [6.07, 6.45) is 2.45. The van der Waals surface area contributed by atoms with Crippen molar-refractivity contribution in [2.45, 2.75) is 51.8 Å². The molecule has 3 N–H and O–H groups in total. The maximum Gasteiger partial charge on any atom is 0.253 e. The predicted molar refractivity (Wildman–Crippen MR) is 92.0 cm³/mol. The number of carbonyl (C=O) groups is 1. The summed E-state index contributed by atoms with van der Waals surface area (Å²) in [5, 5.41) is 13.5. The molecular weight excluding hydrogens is 306 g/mol. The number of aliphatic hydroxyl groups is 1. The third-order valence-electron chi connectivity index (χ3n) is 5.70. The number of aromatic nitrogens is 1. The summed E-state index contributed by atoms with van der Waals surface area (Å²) >= 11 is 0. The third kappa shape index (κ3) is 2.78. The Balaban J connectivity index is 1.72. The molecule has 1 saturated carbocycles. The third-order valence-corrected chi connectivity index (χ3v) is 5.70. The van der Waals surface area contributed by atoms with Gasteiger partial charge in [-0.25, -0.2) is 0 Å². The van der Waals surface area contributed by atoms with Crippen LogP contribution in [0.1, 0.15) is 42.6 Å². The molecule has 1 spiro atoms. The first kappa shape index (κ1) is 17.2. The van der Waals surface area contributed by atoms with Gasteiger partial charge in [0.2, 0.25) is 5.56 Å². The van der Waals surface area contributed by atoms with Gasteiger partial charge in [0.25, 0.3) is 5.91 Å². The topological polar surface area (TPSA) is 85.4 Å². The van der Waals surface area contributed by atoms with Crippen molar-refractivity contribution in [3.8, 4) is 0 Å². The average Bonchev–Trinajstić information content (AvgIpc) is 2.75. The molecule has 0 radical (unpaired) electrons. The maximum absolute atomic E-state index is 12.5. The monoisotopic (exact) mass is 333 g/mol. The Kier molecular flexibility index (Phi) is 4.30. The highest BCUT2D eigenvalue weighted by Crippen LogP contribution is 2.52. The number of aromatic amines is 1. The normalized spacial score (nSPS) is 33.0. The zero-order chi connectivity index (χ0) is 17.6. The number of carbonyl (C=O) groups excluding carboxylic acids is 1. The molecule has 132 valence electrons. The Morgan fingerprint density at radius 3 is 2.75 bits per heavy atom. The van der Waals surface area contributed by atoms with Crippen molar-refractivity contribution in [1.82, 2.24) is 15.2 Å². The van der Waals surface area contributed by atoms with Crippen LogP contribution in [0.25, 0.3) is 0 Å². The molecule has 1 aliphatic carbocycles. The molecule has 0 aromatic carbocycles. The Hall–Kier alpha value is -1.66. The number of nitrogens with zero attached hydrogens (tertiary/aromatic N) is 1. The molecule has 1 aliphatic heterocycles. The van der Waals surface area contributed by atoms with Gasteiger partial charge in [-0.15, -0.1) is 0 Å². The van der Waals surface area contributed by atoms with E-state index in [1.54, 1.807) is 6.92 Å². The van der Waals surface area contributed by atoms with Crippen LogP contribution in [-0.4, -0.2) is 52.7 Å². The van der Waals surface area contributed by atoms with Crippen molar-refractivity contribution in [2.75, 3.05) is 13.6 Å². The van der Waals surface area contributed by atoms with Crippen LogP contribution < -0.4 is 10.9 Å². The van der Waals surface area contributed by atoms with Crippen molar-refractivity contribution in [3.05, 3.63) is 33.7 Å². The second-order valence-corrected chi connectivity index (χ2v) is 7.92. The molecule has 1 saturated heterocycles. The van der Waals surface area contributed by atoms with E-state index in [0.717, 1.165) is 19.4 Å². The molecule has 4 atom stereocenters. The molecule has 24 heavy (non-hydrogen) atoms. The summed E-state index contributed by atoms with van der Waals surface area (Å²) in [4.78, 5) is 28.7. The van der Waals surface area contributed by atoms with Gasteiger partial charge < -0.3 is 20.3 Å². The van der Waals surface area contributed by atoms with E-state index in [1.807, 2.05) is 0 Å². The summed E-state index contributed by atoms with van der Waals surface area (Å²) in [7, 11) is 2.12. The minimum atomic E-state index is -0.521. The highest BCUT2D eigenvalue weighted by molar-refractivity contribution is 5.95. The zero-order valence-electron chi connectivity index (χ0n) is 14.8. The van der Waals surface area contributed by atoms with Crippen molar-refractivity contribution < 1.29 is 9.90 Å². The molecule has 1 amide bonds. The van der Waals surface area contributed by atoms with Gasteiger partial charge in [0.15, 0.2) is 0 Å². The summed E-state index contributed by atoms with van der Waals surface area (Å²) in [5.41, 5.74) is 0.970. The Morgan fingerprint density at radius 2 is 2.17 bits per heavy atom. The lowest BCUT2D eigenvalue weighted by molar-refractivity contribution is -0.0827. The van der Waals surface area contributed by atoms with E-state index in [-0.39, 0.29) is 22.9 Å². The summed E-state index contributed by atoms with van der Waals surface area (Å²) in [6.45, 7) is 7.14. The van der Waals surface area contributed by atoms with Gasteiger partial charge >= 0.3 is 0 Å². The molecule has 2 fully saturated rings. The summed E-state index contributed by atoms with van der Waals surface area (Å²) < 4.78 is 0. The van der Waals surface area contributed by atoms with Crippen LogP contribution in [0.2, 0.25) is 0 Å². The number of likely N-dealkylation sites (tertiary alicyclic amines) is 1. The lowest BCUT2D eigenvalue weighted by Crippen LogP contribution is -2.64. The average molecular weight is 333 g/mol. The second-order valence-electron chi connectivity index (χ2n) is 7.92. The van der Waals surface area contributed by atoms with Crippen LogP contribution in [0.3, 0.4) is 0 Å². The molecule has 0 bridgehead atoms. The second kappa shape index (κ2) is 6.01. The smallest absolute Gasteiger partial charge is 0.253 e. The van der Waals surface area contributed by atoms with Gasteiger partial charge in [-0.3, -0.25) is 9.59 Å². The minimum absolute atomic E-state index is 0.0975. The van der Waals surface area contributed by atoms with Crippen LogP contribution in [0, 0.1) is 18.3 Å². The number of hydrogen-bond donors (Lipinski definition) is 3. The SMILES string of the molecule is Cc1cc(=O)[nH]cc1C(=O)N[C@@H]1CC2(C[C@H]1O)CN(C)C2C(C)C. The molecule has 1 aromatic rings. The fourth-order valence-electron chi connectivity index (χ4n) is 5.06. The molecular formula is C18H27N3O3. The Labute approximate surface area is 142 Å². The molecule has 1 aromatic heterocycles. The molecule has 2 unspecified atom stereocenters. The first-order chi connectivity index (χ1) is 11.2. The molecule has 6 heteroatoms. The number of aliphatic hydroxyl groups excluding tert-OH is 1. The zero-order valence-corrected chi connectivity index (χ0v) is 14.8. The number of amides is 1. The van der Waals surface area contributed by atoms with E-state index in [4.69, 9.17) is 0 Å². The van der Waals surface area contributed by atoms with Crippen LogP contribution in [0.15, 0.2) is 17.1 Å². The lowest BCUT2D eigenvalue weighted by Gasteiger charge is -2.57. The van der Waals surface area contributed by atoms with E-state index in [0.29, 0.717) is 23.1 Å². The summed E-state index contributed by atoms with van der Waals surface area (Å²) in [5.74, 6) is 0.283. The quantitative estimate of drug-likeness (QED) is 0.767. The standard InChI is InChI=1S/C18H27N3O3/c1-10(2)16-18(9-21(16)4)6-13(14(22)7-18)20-17(24)12-8-19-15(23)5-11(12)3/h5,8,10,13-14,16,22H,6-7,9H2,1-4H3,(H,19,23)(H,20,24)/t13-,14-,16?,18?/m1/s1. The Bertz CT molecular complexity index is 694. The van der Waals surface area contributed by atoms with Gasteiger partial charge in [-0.2, -0.15) is 0 Å². The highest BCUT2D eigenvalue weighted by atomic mass is 16.3. The van der Waals surface area contributed by atoms with Gasteiger partial charge in [-0.1, -0.05) is 13.8 Å². The van der Waals surface area contributed by atoms with Crippen molar-refractivity contribution in [1.29, 1.82) is 0 Å². The summed E-state index contributed by atoms with van der Waals surface area (Å²) in [6, 6.07) is 1.62. The number of H-pyrrole nitrogens is 1. The first-order valence-corrected chi connectivity index (χ1v) is 8.62. The van der Waals surface area contributed by atoms with E-state index < -0.39 is 6.10 Å². The van der Waals surface area contributed by atoms with Gasteiger partial charge in [0.05, 0.1) is 17.7 Å². The number of aryl methyl sites for hydroxylation is 1.